The Kier molecular flexibility index (Phi) is 3.60. The van der Waals surface area contributed by atoms with Gasteiger partial charge in [-0.3, -0.25) is 4.98 Å². The summed E-state index contributed by atoms with van der Waals surface area (Å²) in [5.74, 6) is 0.861. The van der Waals surface area contributed by atoms with Crippen LogP contribution in [0.3, 0.4) is 0 Å². The third-order valence-corrected chi connectivity index (χ3v) is 3.74. The summed E-state index contributed by atoms with van der Waals surface area (Å²) < 4.78 is 5.17. The quantitative estimate of drug-likeness (QED) is 0.915. The number of nitrogens with zero attached hydrogens (tertiary/aromatic N) is 2. The van der Waals surface area contributed by atoms with Gasteiger partial charge >= 0.3 is 0 Å². The number of rotatable bonds is 3. The van der Waals surface area contributed by atoms with Crippen LogP contribution in [0.2, 0.25) is 0 Å². The molecule has 2 heterocycles. The van der Waals surface area contributed by atoms with E-state index in [1.165, 1.54) is 0 Å². The highest BCUT2D eigenvalue weighted by molar-refractivity contribution is 5.74. The first kappa shape index (κ1) is 13.6. The number of pyridine rings is 1. The molecule has 2 aromatic rings. The summed E-state index contributed by atoms with van der Waals surface area (Å²) in [6.07, 6.45) is 4.35. The van der Waals surface area contributed by atoms with E-state index < -0.39 is 0 Å². The van der Waals surface area contributed by atoms with Crippen molar-refractivity contribution in [2.45, 2.75) is 34.1 Å². The fourth-order valence-corrected chi connectivity index (χ4v) is 1.90. The molecule has 19 heavy (non-hydrogen) atoms. The minimum Gasteiger partial charge on any atom is -0.367 e. The maximum atomic E-state index is 5.91. The fourth-order valence-electron chi connectivity index (χ4n) is 1.90. The zero-order valence-electron chi connectivity index (χ0n) is 12.0. The lowest BCUT2D eigenvalue weighted by Crippen LogP contribution is -2.19. The van der Waals surface area contributed by atoms with Gasteiger partial charge in [0.2, 0.25) is 5.88 Å². The van der Waals surface area contributed by atoms with Gasteiger partial charge in [0.1, 0.15) is 0 Å². The van der Waals surface area contributed by atoms with Gasteiger partial charge in [-0.25, -0.2) is 0 Å². The predicted octanol–water partition coefficient (Wildman–Crippen LogP) is 3.54. The van der Waals surface area contributed by atoms with Crippen molar-refractivity contribution in [1.29, 1.82) is 0 Å². The van der Waals surface area contributed by atoms with Crippen molar-refractivity contribution in [2.24, 2.45) is 11.3 Å². The van der Waals surface area contributed by atoms with Crippen molar-refractivity contribution >= 4 is 5.88 Å². The molecule has 0 saturated heterocycles. The summed E-state index contributed by atoms with van der Waals surface area (Å²) in [6.45, 7) is 8.91. The summed E-state index contributed by atoms with van der Waals surface area (Å²) in [5, 5.41) is 4.13. The van der Waals surface area contributed by atoms with Crippen molar-refractivity contribution < 1.29 is 4.52 Å². The molecule has 1 unspecified atom stereocenters. The van der Waals surface area contributed by atoms with Crippen molar-refractivity contribution in [3.05, 3.63) is 30.2 Å². The van der Waals surface area contributed by atoms with Crippen LogP contribution in [0, 0.1) is 11.3 Å². The predicted molar refractivity (Wildman–Crippen MR) is 76.5 cm³/mol. The van der Waals surface area contributed by atoms with Crippen molar-refractivity contribution in [2.75, 3.05) is 5.73 Å². The Morgan fingerprint density at radius 2 is 1.89 bits per heavy atom. The largest absolute Gasteiger partial charge is 0.367 e. The number of anilines is 1. The highest BCUT2D eigenvalue weighted by atomic mass is 16.5. The Bertz CT molecular complexity index is 540. The molecule has 0 aliphatic carbocycles. The van der Waals surface area contributed by atoms with Gasteiger partial charge in [-0.15, -0.1) is 0 Å². The van der Waals surface area contributed by atoms with Crippen molar-refractivity contribution in [3.63, 3.8) is 0 Å². The molecule has 0 bridgehead atoms. The lowest BCUT2D eigenvalue weighted by molar-refractivity contribution is 0.255. The van der Waals surface area contributed by atoms with Crippen LogP contribution in [-0.2, 0) is 6.42 Å². The molecule has 1 atom stereocenters. The monoisotopic (exact) mass is 259 g/mol. The number of hydrogen-bond donors (Lipinski definition) is 1. The van der Waals surface area contributed by atoms with Crippen LogP contribution in [0.4, 0.5) is 5.88 Å². The lowest BCUT2D eigenvalue weighted by Gasteiger charge is -2.26. The highest BCUT2D eigenvalue weighted by Crippen LogP contribution is 2.34. The summed E-state index contributed by atoms with van der Waals surface area (Å²) in [7, 11) is 0. The second-order valence-corrected chi connectivity index (χ2v) is 6.08. The van der Waals surface area contributed by atoms with Gasteiger partial charge < -0.3 is 10.3 Å². The number of hydrogen-bond acceptors (Lipinski definition) is 4. The first-order valence-corrected chi connectivity index (χ1v) is 6.54. The molecule has 2 aromatic heterocycles. The van der Waals surface area contributed by atoms with E-state index in [0.29, 0.717) is 11.8 Å². The second kappa shape index (κ2) is 5.03. The molecule has 0 aromatic carbocycles. The maximum Gasteiger partial charge on any atom is 0.230 e. The molecular weight excluding hydrogens is 238 g/mol. The summed E-state index contributed by atoms with van der Waals surface area (Å²) in [6, 6.07) is 3.85. The topological polar surface area (TPSA) is 64.9 Å². The van der Waals surface area contributed by atoms with E-state index >= 15 is 0 Å². The Labute approximate surface area is 114 Å². The SMILES string of the molecule is CC(Cc1noc(N)c1-c1ccncc1)C(C)(C)C. The molecule has 0 saturated carbocycles. The Balaban J connectivity index is 2.34. The lowest BCUT2D eigenvalue weighted by atomic mass is 9.79. The van der Waals surface area contributed by atoms with Gasteiger partial charge in [0.15, 0.2) is 0 Å². The van der Waals surface area contributed by atoms with E-state index in [2.05, 4.69) is 37.8 Å². The number of nitrogens with two attached hydrogens (primary N) is 1. The van der Waals surface area contributed by atoms with Crippen LogP contribution in [-0.4, -0.2) is 10.1 Å². The van der Waals surface area contributed by atoms with Gasteiger partial charge in [-0.1, -0.05) is 32.9 Å². The van der Waals surface area contributed by atoms with Crippen LogP contribution >= 0.6 is 0 Å². The molecule has 4 nitrogen and oxygen atoms in total. The van der Waals surface area contributed by atoms with Crippen LogP contribution in [0.15, 0.2) is 29.0 Å². The summed E-state index contributed by atoms with van der Waals surface area (Å²) in [5.41, 5.74) is 8.96. The van der Waals surface area contributed by atoms with Crippen LogP contribution < -0.4 is 5.73 Å². The third-order valence-electron chi connectivity index (χ3n) is 3.74. The normalized spacial score (nSPS) is 13.5. The van der Waals surface area contributed by atoms with E-state index in [-0.39, 0.29) is 5.41 Å². The van der Waals surface area contributed by atoms with E-state index in [1.54, 1.807) is 12.4 Å². The van der Waals surface area contributed by atoms with Gasteiger partial charge in [0, 0.05) is 12.4 Å². The maximum absolute atomic E-state index is 5.91. The molecule has 4 heteroatoms. The minimum absolute atomic E-state index is 0.225. The average Bonchev–Trinajstić information content (AvgIpc) is 2.70. The molecule has 0 radical (unpaired) electrons. The summed E-state index contributed by atoms with van der Waals surface area (Å²) >= 11 is 0. The van der Waals surface area contributed by atoms with E-state index in [9.17, 15) is 0 Å². The molecule has 2 rings (SSSR count). The standard InChI is InChI=1S/C15H21N3O/c1-10(15(2,3)4)9-12-13(14(16)19-18-12)11-5-7-17-8-6-11/h5-8,10H,9,16H2,1-4H3. The van der Waals surface area contributed by atoms with Crippen LogP contribution in [0.1, 0.15) is 33.4 Å². The molecule has 0 aliphatic heterocycles. The minimum atomic E-state index is 0.225. The molecule has 0 amide bonds. The van der Waals surface area contributed by atoms with Crippen LogP contribution in [0.25, 0.3) is 11.1 Å². The third kappa shape index (κ3) is 2.95. The number of aromatic nitrogens is 2. The molecule has 2 N–H and O–H groups in total. The molecule has 102 valence electrons. The smallest absolute Gasteiger partial charge is 0.230 e. The Hall–Kier alpha value is -1.84. The van der Waals surface area contributed by atoms with Gasteiger partial charge in [-0.2, -0.15) is 0 Å². The molecule has 0 fully saturated rings. The van der Waals surface area contributed by atoms with E-state index in [0.717, 1.165) is 23.2 Å². The van der Waals surface area contributed by atoms with Crippen molar-refractivity contribution in [3.8, 4) is 11.1 Å². The van der Waals surface area contributed by atoms with E-state index in [1.807, 2.05) is 12.1 Å². The zero-order chi connectivity index (χ0) is 14.0. The van der Waals surface area contributed by atoms with Crippen molar-refractivity contribution in [1.82, 2.24) is 10.1 Å². The van der Waals surface area contributed by atoms with Gasteiger partial charge in [0.25, 0.3) is 0 Å². The number of nitrogen functional groups attached to an aromatic ring is 1. The van der Waals surface area contributed by atoms with Gasteiger partial charge in [0.05, 0.1) is 11.3 Å². The second-order valence-electron chi connectivity index (χ2n) is 6.08. The molecule has 0 spiro atoms. The first-order valence-electron chi connectivity index (χ1n) is 6.54. The average molecular weight is 259 g/mol. The Morgan fingerprint density at radius 3 is 2.47 bits per heavy atom. The zero-order valence-corrected chi connectivity index (χ0v) is 12.0. The van der Waals surface area contributed by atoms with E-state index in [4.69, 9.17) is 10.3 Å². The van der Waals surface area contributed by atoms with Crippen LogP contribution in [0.5, 0.6) is 0 Å². The summed E-state index contributed by atoms with van der Waals surface area (Å²) in [4.78, 5) is 4.02. The fraction of sp³-hybridized carbons (Fsp3) is 0.467. The van der Waals surface area contributed by atoms with Gasteiger partial charge in [-0.05, 0) is 35.4 Å². The highest BCUT2D eigenvalue weighted by Gasteiger charge is 2.24. The molecule has 0 aliphatic rings. The first-order chi connectivity index (χ1) is 8.89. The molecular formula is C15H21N3O. The Morgan fingerprint density at radius 1 is 1.26 bits per heavy atom.